The van der Waals surface area contributed by atoms with Crippen LogP contribution < -0.4 is 11.1 Å². The van der Waals surface area contributed by atoms with Gasteiger partial charge in [0.05, 0.1) is 6.33 Å². The van der Waals surface area contributed by atoms with Crippen LogP contribution in [0.4, 0.5) is 0 Å². The van der Waals surface area contributed by atoms with Crippen molar-refractivity contribution in [2.45, 2.75) is 58.8 Å². The van der Waals surface area contributed by atoms with E-state index in [0.717, 1.165) is 37.1 Å². The number of aromatic nitrogens is 2. The van der Waals surface area contributed by atoms with Crippen molar-refractivity contribution < 1.29 is 4.79 Å². The fourth-order valence-electron chi connectivity index (χ4n) is 7.31. The molecule has 6 atom stereocenters. The standard InChI is InChI=1S/C22H31N3O.CH5N/c1-21-10-8-20(26)24-13-15(21)3-4-16-17-5-6-19(25-12-11-23-14-25)22(17,2)9-7-18(16)21;1-2/h6,11-12,14-18H,3-5,7-10,13H2,1-2H3,(H,24,26);2H2,1H3. The van der Waals surface area contributed by atoms with E-state index >= 15 is 0 Å². The monoisotopic (exact) mass is 384 g/mol. The predicted octanol–water partition coefficient (Wildman–Crippen LogP) is 3.68. The zero-order valence-electron chi connectivity index (χ0n) is 17.7. The summed E-state index contributed by atoms with van der Waals surface area (Å²) < 4.78 is 2.25. The number of rotatable bonds is 1. The number of fused-ring (bicyclic) bond motifs is 5. The average molecular weight is 385 g/mol. The number of hydrogen-bond acceptors (Lipinski definition) is 3. The van der Waals surface area contributed by atoms with Gasteiger partial charge in [-0.3, -0.25) is 4.79 Å². The number of nitrogens with one attached hydrogen (secondary N) is 1. The van der Waals surface area contributed by atoms with Gasteiger partial charge in [-0.25, -0.2) is 4.98 Å². The van der Waals surface area contributed by atoms with Crippen LogP contribution >= 0.6 is 0 Å². The van der Waals surface area contributed by atoms with Crippen molar-refractivity contribution in [3.05, 3.63) is 24.8 Å². The van der Waals surface area contributed by atoms with Gasteiger partial charge in [0.2, 0.25) is 5.91 Å². The number of nitrogens with two attached hydrogens (primary N) is 1. The molecule has 2 saturated carbocycles. The average Bonchev–Trinajstić information content (AvgIpc) is 3.31. The van der Waals surface area contributed by atoms with Gasteiger partial charge < -0.3 is 15.6 Å². The molecule has 6 unspecified atom stereocenters. The Kier molecular flexibility index (Phi) is 5.15. The Bertz CT molecular complexity index is 742. The zero-order chi connectivity index (χ0) is 19.9. The van der Waals surface area contributed by atoms with Gasteiger partial charge in [0.15, 0.2) is 0 Å². The largest absolute Gasteiger partial charge is 0.356 e. The summed E-state index contributed by atoms with van der Waals surface area (Å²) in [6.07, 6.45) is 16.7. The molecule has 1 aromatic rings. The topological polar surface area (TPSA) is 72.9 Å². The quantitative estimate of drug-likeness (QED) is 0.776. The predicted molar refractivity (Wildman–Crippen MR) is 112 cm³/mol. The SMILES string of the molecule is CC12CCC3C(CCC4CNC(=O)CCC43C)C1CC=C2n1ccnc1.CN. The number of hydrogen-bond donors (Lipinski definition) is 2. The Morgan fingerprint density at radius 2 is 2.00 bits per heavy atom. The molecule has 1 aliphatic heterocycles. The summed E-state index contributed by atoms with van der Waals surface area (Å²) >= 11 is 0. The van der Waals surface area contributed by atoms with Crippen LogP contribution in [0.1, 0.15) is 58.8 Å². The maximum atomic E-state index is 12.0. The van der Waals surface area contributed by atoms with Gasteiger partial charge in [-0.1, -0.05) is 19.9 Å². The Balaban J connectivity index is 0.000000932. The molecule has 2 heterocycles. The molecule has 0 aromatic carbocycles. The van der Waals surface area contributed by atoms with E-state index in [4.69, 9.17) is 0 Å². The Hall–Kier alpha value is -1.62. The van der Waals surface area contributed by atoms with E-state index in [2.05, 4.69) is 46.7 Å². The summed E-state index contributed by atoms with van der Waals surface area (Å²) in [6, 6.07) is 0. The molecule has 3 fully saturated rings. The van der Waals surface area contributed by atoms with Crippen LogP contribution in [-0.4, -0.2) is 29.1 Å². The smallest absolute Gasteiger partial charge is 0.220 e. The lowest BCUT2D eigenvalue weighted by Crippen LogP contribution is -2.52. The third-order valence-corrected chi connectivity index (χ3v) is 8.82. The Morgan fingerprint density at radius 3 is 2.75 bits per heavy atom. The number of carbonyl (C=O) groups is 1. The first-order valence-electron chi connectivity index (χ1n) is 11.1. The molecule has 0 spiro atoms. The van der Waals surface area contributed by atoms with Gasteiger partial charge in [-0.2, -0.15) is 0 Å². The van der Waals surface area contributed by atoms with Crippen molar-refractivity contribution in [2.24, 2.45) is 40.2 Å². The van der Waals surface area contributed by atoms with Crippen LogP contribution in [0, 0.1) is 34.5 Å². The minimum Gasteiger partial charge on any atom is -0.356 e. The first-order valence-corrected chi connectivity index (χ1v) is 11.1. The normalized spacial score (nSPS) is 42.0. The van der Waals surface area contributed by atoms with Gasteiger partial charge in [0, 0.05) is 36.5 Å². The minimum absolute atomic E-state index is 0.266. The first kappa shape index (κ1) is 19.7. The second-order valence-electron chi connectivity index (χ2n) is 9.71. The molecule has 4 aliphatic rings. The molecule has 5 rings (SSSR count). The number of carbonyl (C=O) groups excluding carboxylic acids is 1. The second kappa shape index (κ2) is 7.33. The number of allylic oxidation sites excluding steroid dienone is 2. The molecule has 3 aliphatic carbocycles. The third kappa shape index (κ3) is 2.85. The maximum Gasteiger partial charge on any atom is 0.220 e. The van der Waals surface area contributed by atoms with Gasteiger partial charge in [-0.05, 0) is 74.7 Å². The van der Waals surface area contributed by atoms with Crippen LogP contribution in [0.3, 0.4) is 0 Å². The molecule has 5 heteroatoms. The summed E-state index contributed by atoms with van der Waals surface area (Å²) in [6.45, 7) is 5.91. The van der Waals surface area contributed by atoms with E-state index in [0.29, 0.717) is 11.3 Å². The van der Waals surface area contributed by atoms with Crippen molar-refractivity contribution in [1.29, 1.82) is 0 Å². The molecule has 1 amide bonds. The summed E-state index contributed by atoms with van der Waals surface area (Å²) in [7, 11) is 1.50. The summed E-state index contributed by atoms with van der Waals surface area (Å²) in [5.74, 6) is 3.27. The lowest BCUT2D eigenvalue weighted by Gasteiger charge is -2.58. The number of nitrogens with zero attached hydrogens (tertiary/aromatic N) is 2. The number of amides is 1. The zero-order valence-corrected chi connectivity index (χ0v) is 17.7. The van der Waals surface area contributed by atoms with Gasteiger partial charge in [0.25, 0.3) is 0 Å². The van der Waals surface area contributed by atoms with E-state index in [9.17, 15) is 4.79 Å². The van der Waals surface area contributed by atoms with Crippen molar-refractivity contribution in [3.63, 3.8) is 0 Å². The van der Waals surface area contributed by atoms with Crippen LogP contribution in [0.2, 0.25) is 0 Å². The van der Waals surface area contributed by atoms with Gasteiger partial charge >= 0.3 is 0 Å². The number of imidazole rings is 1. The molecule has 0 radical (unpaired) electrons. The Labute approximate surface area is 169 Å². The molecule has 1 saturated heterocycles. The minimum atomic E-state index is 0.266. The van der Waals surface area contributed by atoms with Gasteiger partial charge in [-0.15, -0.1) is 0 Å². The lowest BCUT2D eigenvalue weighted by atomic mass is 9.47. The third-order valence-electron chi connectivity index (χ3n) is 8.82. The highest BCUT2D eigenvalue weighted by Crippen LogP contribution is 2.65. The highest BCUT2D eigenvalue weighted by Gasteiger charge is 2.58. The van der Waals surface area contributed by atoms with Crippen LogP contribution in [0.5, 0.6) is 0 Å². The van der Waals surface area contributed by atoms with E-state index in [1.54, 1.807) is 0 Å². The van der Waals surface area contributed by atoms with Crippen LogP contribution in [0.15, 0.2) is 24.8 Å². The van der Waals surface area contributed by atoms with Crippen molar-refractivity contribution in [2.75, 3.05) is 13.6 Å². The fourth-order valence-corrected chi connectivity index (χ4v) is 7.31. The van der Waals surface area contributed by atoms with E-state index in [1.165, 1.54) is 44.8 Å². The molecule has 1 aromatic heterocycles. The van der Waals surface area contributed by atoms with E-state index < -0.39 is 0 Å². The van der Waals surface area contributed by atoms with E-state index in [1.807, 2.05) is 12.5 Å². The van der Waals surface area contributed by atoms with Crippen LogP contribution in [-0.2, 0) is 4.79 Å². The molecule has 154 valence electrons. The molecule has 0 bridgehead atoms. The summed E-state index contributed by atoms with van der Waals surface area (Å²) in [5.41, 5.74) is 6.59. The fraction of sp³-hybridized carbons (Fsp3) is 0.739. The van der Waals surface area contributed by atoms with Crippen molar-refractivity contribution in [1.82, 2.24) is 14.9 Å². The van der Waals surface area contributed by atoms with Crippen LogP contribution in [0.25, 0.3) is 5.70 Å². The molecule has 5 nitrogen and oxygen atoms in total. The van der Waals surface area contributed by atoms with E-state index in [-0.39, 0.29) is 11.3 Å². The second-order valence-corrected chi connectivity index (χ2v) is 9.71. The highest BCUT2D eigenvalue weighted by molar-refractivity contribution is 5.76. The van der Waals surface area contributed by atoms with Crippen molar-refractivity contribution >= 4 is 11.6 Å². The lowest BCUT2D eigenvalue weighted by molar-refractivity contribution is -0.121. The van der Waals surface area contributed by atoms with Gasteiger partial charge in [0.1, 0.15) is 0 Å². The molecule has 3 N–H and O–H groups in total. The first-order chi connectivity index (χ1) is 13.5. The molecular formula is C23H36N4O. The summed E-state index contributed by atoms with van der Waals surface area (Å²) in [5, 5.41) is 3.18. The highest BCUT2D eigenvalue weighted by atomic mass is 16.1. The van der Waals surface area contributed by atoms with Crippen molar-refractivity contribution in [3.8, 4) is 0 Å². The molecular weight excluding hydrogens is 348 g/mol. The summed E-state index contributed by atoms with van der Waals surface area (Å²) in [4.78, 5) is 16.3. The maximum absolute atomic E-state index is 12.0. The Morgan fingerprint density at radius 1 is 1.18 bits per heavy atom. The molecule has 28 heavy (non-hydrogen) atoms.